The smallest absolute Gasteiger partial charge is 0.351 e. The third-order valence-corrected chi connectivity index (χ3v) is 4.90. The van der Waals surface area contributed by atoms with Crippen molar-refractivity contribution < 1.29 is 38.0 Å². The van der Waals surface area contributed by atoms with Crippen LogP contribution in [0.4, 0.5) is 14.6 Å². The molecule has 2 aromatic rings. The van der Waals surface area contributed by atoms with E-state index < -0.39 is 42.6 Å². The molecule has 1 fully saturated rings. The summed E-state index contributed by atoms with van der Waals surface area (Å²) in [5.41, 5.74) is -0.305. The van der Waals surface area contributed by atoms with Crippen LogP contribution in [0.1, 0.15) is 22.1 Å². The number of nitrogens with zero attached hydrogens (tertiary/aromatic N) is 2. The van der Waals surface area contributed by atoms with E-state index in [1.54, 1.807) is 6.92 Å². The van der Waals surface area contributed by atoms with Crippen LogP contribution in [0.5, 0.6) is 11.5 Å². The molecule has 3 atom stereocenters. The summed E-state index contributed by atoms with van der Waals surface area (Å²) < 4.78 is 44.3. The Morgan fingerprint density at radius 1 is 1.32 bits per heavy atom. The Morgan fingerprint density at radius 2 is 1.94 bits per heavy atom. The zero-order valence-corrected chi connectivity index (χ0v) is 16.8. The molecular weight excluding hydrogens is 420 g/mol. The summed E-state index contributed by atoms with van der Waals surface area (Å²) in [5, 5.41) is 21.1. The molecule has 12 heteroatoms. The van der Waals surface area contributed by atoms with E-state index in [4.69, 9.17) is 19.3 Å². The van der Waals surface area contributed by atoms with Crippen molar-refractivity contribution in [2.45, 2.75) is 31.3 Å². The zero-order chi connectivity index (χ0) is 22.9. The quantitative estimate of drug-likeness (QED) is 0.597. The molecule has 1 aromatic heterocycles. The predicted octanol–water partition coefficient (Wildman–Crippen LogP) is 0.707. The van der Waals surface area contributed by atoms with Gasteiger partial charge in [-0.15, -0.1) is 0 Å². The lowest BCUT2D eigenvalue weighted by Gasteiger charge is -2.21. The van der Waals surface area contributed by atoms with Gasteiger partial charge in [-0.3, -0.25) is 9.36 Å². The SMILES string of the molecule is COc1cc(C(=O)Nc2ccn(C3O[C@H](CO)[C@@H](O)C3(F)F)c(=O)n2)cc(OC)c1C. The molecule has 3 rings (SSSR count). The summed E-state index contributed by atoms with van der Waals surface area (Å²) in [6.45, 7) is 0.896. The molecule has 1 aliphatic rings. The minimum absolute atomic E-state index is 0.157. The number of nitrogens with one attached hydrogen (secondary N) is 1. The molecule has 0 spiro atoms. The van der Waals surface area contributed by atoms with Gasteiger partial charge in [0.05, 0.1) is 20.8 Å². The number of ether oxygens (including phenoxy) is 3. The molecule has 2 heterocycles. The Labute approximate surface area is 175 Å². The lowest BCUT2D eigenvalue weighted by Crippen LogP contribution is -2.41. The van der Waals surface area contributed by atoms with Crippen molar-refractivity contribution in [3.8, 4) is 11.5 Å². The van der Waals surface area contributed by atoms with Crippen molar-refractivity contribution in [2.24, 2.45) is 0 Å². The normalized spacial score (nSPS) is 22.2. The highest BCUT2D eigenvalue weighted by atomic mass is 19.3. The molecule has 0 aliphatic carbocycles. The van der Waals surface area contributed by atoms with Crippen LogP contribution in [-0.4, -0.2) is 64.6 Å². The molecule has 1 aliphatic heterocycles. The number of halogens is 2. The van der Waals surface area contributed by atoms with E-state index in [9.17, 15) is 23.5 Å². The first-order chi connectivity index (χ1) is 14.6. The van der Waals surface area contributed by atoms with Crippen molar-refractivity contribution in [3.63, 3.8) is 0 Å². The maximum Gasteiger partial charge on any atom is 0.351 e. The molecule has 31 heavy (non-hydrogen) atoms. The van der Waals surface area contributed by atoms with Gasteiger partial charge in [0.1, 0.15) is 23.4 Å². The van der Waals surface area contributed by atoms with E-state index in [1.165, 1.54) is 26.4 Å². The molecule has 0 bridgehead atoms. The van der Waals surface area contributed by atoms with Gasteiger partial charge >= 0.3 is 11.6 Å². The zero-order valence-electron chi connectivity index (χ0n) is 16.8. The van der Waals surface area contributed by atoms with Gasteiger partial charge in [0.25, 0.3) is 5.91 Å². The molecular formula is C19H21F2N3O7. The summed E-state index contributed by atoms with van der Waals surface area (Å²) in [6, 6.07) is 4.07. The topological polar surface area (TPSA) is 132 Å². The second kappa shape index (κ2) is 8.57. The monoisotopic (exact) mass is 441 g/mol. The molecule has 1 unspecified atom stereocenters. The second-order valence-corrected chi connectivity index (χ2v) is 6.79. The van der Waals surface area contributed by atoms with Crippen molar-refractivity contribution >= 4 is 11.7 Å². The minimum atomic E-state index is -3.83. The van der Waals surface area contributed by atoms with Gasteiger partial charge in [-0.05, 0) is 25.1 Å². The Kier molecular flexibility index (Phi) is 6.25. The highest BCUT2D eigenvalue weighted by molar-refractivity contribution is 6.04. The number of amides is 1. The maximum absolute atomic E-state index is 14.2. The predicted molar refractivity (Wildman–Crippen MR) is 103 cm³/mol. The van der Waals surface area contributed by atoms with Crippen molar-refractivity contribution in [1.29, 1.82) is 0 Å². The molecule has 1 aromatic carbocycles. The van der Waals surface area contributed by atoms with Gasteiger partial charge < -0.3 is 29.7 Å². The fourth-order valence-electron chi connectivity index (χ4n) is 3.19. The Balaban J connectivity index is 1.85. The molecule has 3 N–H and O–H groups in total. The number of rotatable bonds is 6. The van der Waals surface area contributed by atoms with E-state index in [0.717, 1.165) is 12.3 Å². The van der Waals surface area contributed by atoms with E-state index >= 15 is 0 Å². The molecule has 168 valence electrons. The number of carbonyl (C=O) groups is 1. The van der Waals surface area contributed by atoms with Gasteiger partial charge in [0.15, 0.2) is 6.10 Å². The summed E-state index contributed by atoms with van der Waals surface area (Å²) in [7, 11) is 2.87. The first-order valence-corrected chi connectivity index (χ1v) is 9.09. The summed E-state index contributed by atoms with van der Waals surface area (Å²) >= 11 is 0. The van der Waals surface area contributed by atoms with E-state index in [1.807, 2.05) is 0 Å². The van der Waals surface area contributed by atoms with Crippen LogP contribution in [0.3, 0.4) is 0 Å². The third-order valence-electron chi connectivity index (χ3n) is 4.90. The number of aromatic nitrogens is 2. The fourth-order valence-corrected chi connectivity index (χ4v) is 3.19. The second-order valence-electron chi connectivity index (χ2n) is 6.79. The summed E-state index contributed by atoms with van der Waals surface area (Å²) in [4.78, 5) is 28.4. The van der Waals surface area contributed by atoms with Crippen LogP contribution in [0.25, 0.3) is 0 Å². The number of benzene rings is 1. The van der Waals surface area contributed by atoms with E-state index in [0.29, 0.717) is 21.6 Å². The molecule has 0 saturated carbocycles. The van der Waals surface area contributed by atoms with Gasteiger partial charge in [0, 0.05) is 17.3 Å². The number of hydrogen-bond donors (Lipinski definition) is 3. The van der Waals surface area contributed by atoms with Crippen LogP contribution < -0.4 is 20.5 Å². The average Bonchev–Trinajstić information content (AvgIpc) is 2.97. The minimum Gasteiger partial charge on any atom is -0.496 e. The van der Waals surface area contributed by atoms with Crippen LogP contribution >= 0.6 is 0 Å². The van der Waals surface area contributed by atoms with Crippen molar-refractivity contribution in [2.75, 3.05) is 26.1 Å². The van der Waals surface area contributed by atoms with E-state index in [-0.39, 0.29) is 11.4 Å². The molecule has 10 nitrogen and oxygen atoms in total. The number of carbonyl (C=O) groups excluding carboxylic acids is 1. The van der Waals surface area contributed by atoms with Crippen LogP contribution in [0.2, 0.25) is 0 Å². The number of aliphatic hydroxyl groups is 2. The van der Waals surface area contributed by atoms with Gasteiger partial charge in [-0.25, -0.2) is 4.79 Å². The Hall–Kier alpha value is -3.09. The number of alkyl halides is 2. The average molecular weight is 441 g/mol. The fraction of sp³-hybridized carbons (Fsp3) is 0.421. The number of anilines is 1. The lowest BCUT2D eigenvalue weighted by atomic mass is 10.1. The molecule has 1 saturated heterocycles. The van der Waals surface area contributed by atoms with Crippen LogP contribution in [0.15, 0.2) is 29.2 Å². The highest BCUT2D eigenvalue weighted by Crippen LogP contribution is 2.42. The largest absolute Gasteiger partial charge is 0.496 e. The van der Waals surface area contributed by atoms with E-state index in [2.05, 4.69) is 10.3 Å². The maximum atomic E-state index is 14.2. The number of hydrogen-bond acceptors (Lipinski definition) is 8. The summed E-state index contributed by atoms with van der Waals surface area (Å²) in [6.07, 6.45) is -5.06. The molecule has 1 amide bonds. The van der Waals surface area contributed by atoms with Crippen molar-refractivity contribution in [1.82, 2.24) is 9.55 Å². The molecule has 0 radical (unpaired) electrons. The Bertz CT molecular complexity index is 1020. The first kappa shape index (κ1) is 22.6. The van der Waals surface area contributed by atoms with Crippen LogP contribution in [-0.2, 0) is 4.74 Å². The van der Waals surface area contributed by atoms with Gasteiger partial charge in [-0.1, -0.05) is 0 Å². The van der Waals surface area contributed by atoms with Crippen LogP contribution in [0, 0.1) is 6.92 Å². The van der Waals surface area contributed by atoms with Gasteiger partial charge in [0.2, 0.25) is 6.23 Å². The lowest BCUT2D eigenvalue weighted by molar-refractivity contribution is -0.140. The van der Waals surface area contributed by atoms with Gasteiger partial charge in [-0.2, -0.15) is 13.8 Å². The van der Waals surface area contributed by atoms with Crippen molar-refractivity contribution in [3.05, 3.63) is 46.0 Å². The number of aliphatic hydroxyl groups excluding tert-OH is 2. The Morgan fingerprint density at radius 3 is 2.42 bits per heavy atom. The summed E-state index contributed by atoms with van der Waals surface area (Å²) in [5.74, 6) is -3.85. The first-order valence-electron chi connectivity index (χ1n) is 9.09. The third kappa shape index (κ3) is 4.09. The highest BCUT2D eigenvalue weighted by Gasteiger charge is 2.59. The standard InChI is InChI=1S/C19H21F2N3O7/c1-9-11(29-2)6-10(7-12(9)30-3)16(27)22-14-4-5-24(18(28)23-14)17-19(20,21)15(26)13(8-25)31-17/h4-7,13,15,17,25-26H,8H2,1-3H3,(H,22,23,27,28)/t13-,15-,17?/m1/s1. The number of methoxy groups -OCH3 is 2.